The molecule has 0 unspecified atom stereocenters. The fourth-order valence-electron chi connectivity index (χ4n) is 1.03. The third-order valence-electron chi connectivity index (χ3n) is 1.71. The van der Waals surface area contributed by atoms with Crippen LogP contribution in [0.5, 0.6) is 0 Å². The summed E-state index contributed by atoms with van der Waals surface area (Å²) in [7, 11) is 0. The molecule has 0 radical (unpaired) electrons. The third-order valence-corrected chi connectivity index (χ3v) is 1.71. The summed E-state index contributed by atoms with van der Waals surface area (Å²) in [5, 5.41) is 0. The molecule has 0 bridgehead atoms. The minimum atomic E-state index is 0.545. The predicted molar refractivity (Wildman–Crippen MR) is 53.5 cm³/mol. The first-order valence-electron chi connectivity index (χ1n) is 4.33. The van der Waals surface area contributed by atoms with Gasteiger partial charge in [0.15, 0.2) is 0 Å². The van der Waals surface area contributed by atoms with Gasteiger partial charge in [-0.1, -0.05) is 13.8 Å². The van der Waals surface area contributed by atoms with Gasteiger partial charge in [-0.15, -0.1) is 0 Å². The Hall–Kier alpha value is -1.58. The Balaban J connectivity index is 0.000000396. The molecule has 0 atom stereocenters. The summed E-state index contributed by atoms with van der Waals surface area (Å²) >= 11 is 0. The van der Waals surface area contributed by atoms with E-state index >= 15 is 0 Å². The normalized spacial score (nSPS) is 9.46. The minimum Gasteiger partial charge on any atom is -0.383 e. The first-order valence-corrected chi connectivity index (χ1v) is 4.33. The first-order chi connectivity index (χ1) is 6.29. The second-order valence-corrected chi connectivity index (χ2v) is 2.41. The van der Waals surface area contributed by atoms with E-state index in [1.165, 1.54) is 0 Å². The highest BCUT2D eigenvalue weighted by Gasteiger charge is 2.00. The molecule has 70 valence electrons. The van der Waals surface area contributed by atoms with Gasteiger partial charge in [0.1, 0.15) is 17.8 Å². The number of nitrogen functional groups attached to an aromatic ring is 1. The van der Waals surface area contributed by atoms with Crippen molar-refractivity contribution in [1.29, 1.82) is 0 Å². The number of fused-ring (bicyclic) bond motifs is 1. The van der Waals surface area contributed by atoms with Gasteiger partial charge in [-0.05, 0) is 6.92 Å². The molecule has 2 N–H and O–H groups in total. The van der Waals surface area contributed by atoms with Crippen LogP contribution in [-0.2, 0) is 0 Å². The van der Waals surface area contributed by atoms with Crippen molar-refractivity contribution < 1.29 is 0 Å². The Bertz CT molecular complexity index is 391. The quantitative estimate of drug-likeness (QED) is 0.667. The summed E-state index contributed by atoms with van der Waals surface area (Å²) in [6, 6.07) is 0. The molecule has 0 saturated heterocycles. The van der Waals surface area contributed by atoms with E-state index in [9.17, 15) is 0 Å². The van der Waals surface area contributed by atoms with Crippen LogP contribution in [0.15, 0.2) is 18.7 Å². The number of nitrogens with two attached hydrogens (primary N) is 1. The van der Waals surface area contributed by atoms with Gasteiger partial charge in [0.05, 0.1) is 0 Å². The Morgan fingerprint density at radius 3 is 2.69 bits per heavy atom. The van der Waals surface area contributed by atoms with Gasteiger partial charge in [0.25, 0.3) is 0 Å². The van der Waals surface area contributed by atoms with Crippen LogP contribution in [0.25, 0.3) is 5.65 Å². The van der Waals surface area contributed by atoms with Crippen molar-refractivity contribution in [2.75, 3.05) is 5.73 Å². The Morgan fingerprint density at radius 2 is 2.00 bits per heavy atom. The molecule has 4 nitrogen and oxygen atoms in total. The zero-order valence-corrected chi connectivity index (χ0v) is 8.15. The zero-order chi connectivity index (χ0) is 9.84. The molecule has 2 aromatic heterocycles. The summed E-state index contributed by atoms with van der Waals surface area (Å²) in [6.07, 6.45) is 5.23. The van der Waals surface area contributed by atoms with Gasteiger partial charge < -0.3 is 5.73 Å². The van der Waals surface area contributed by atoms with E-state index in [1.54, 1.807) is 12.5 Å². The van der Waals surface area contributed by atoms with Gasteiger partial charge in [-0.2, -0.15) is 0 Å². The molecule has 2 heterocycles. The molecule has 0 saturated carbocycles. The second kappa shape index (κ2) is 3.89. The van der Waals surface area contributed by atoms with Crippen molar-refractivity contribution in [2.45, 2.75) is 20.8 Å². The number of nitrogens with zero attached hydrogens (tertiary/aromatic N) is 3. The van der Waals surface area contributed by atoms with Crippen molar-refractivity contribution in [1.82, 2.24) is 14.4 Å². The zero-order valence-electron chi connectivity index (χ0n) is 8.15. The molecule has 0 aliphatic heterocycles. The van der Waals surface area contributed by atoms with E-state index in [1.807, 2.05) is 31.4 Å². The van der Waals surface area contributed by atoms with Gasteiger partial charge in [-0.3, -0.25) is 4.40 Å². The molecule has 0 fully saturated rings. The van der Waals surface area contributed by atoms with E-state index in [0.717, 1.165) is 11.2 Å². The molecule has 0 spiro atoms. The van der Waals surface area contributed by atoms with E-state index < -0.39 is 0 Å². The predicted octanol–water partition coefficient (Wildman–Crippen LogP) is 1.65. The summed E-state index contributed by atoms with van der Waals surface area (Å²) in [5.41, 5.74) is 7.38. The van der Waals surface area contributed by atoms with Gasteiger partial charge in [0, 0.05) is 18.0 Å². The minimum absolute atomic E-state index is 0.545. The Labute approximate surface area is 77.4 Å². The van der Waals surface area contributed by atoms with Crippen LogP contribution in [-0.4, -0.2) is 14.4 Å². The van der Waals surface area contributed by atoms with Crippen LogP contribution < -0.4 is 5.73 Å². The van der Waals surface area contributed by atoms with Crippen LogP contribution in [0, 0.1) is 6.92 Å². The molecule has 0 aromatic carbocycles. The van der Waals surface area contributed by atoms with Crippen LogP contribution >= 0.6 is 0 Å². The van der Waals surface area contributed by atoms with Crippen LogP contribution in [0.3, 0.4) is 0 Å². The summed E-state index contributed by atoms with van der Waals surface area (Å²) in [6.45, 7) is 5.91. The van der Waals surface area contributed by atoms with Gasteiger partial charge in [-0.25, -0.2) is 9.97 Å². The smallest absolute Gasteiger partial charge is 0.144 e. The van der Waals surface area contributed by atoms with Gasteiger partial charge in [0.2, 0.25) is 0 Å². The lowest BCUT2D eigenvalue weighted by Gasteiger charge is -1.99. The number of hydrogen-bond donors (Lipinski definition) is 1. The van der Waals surface area contributed by atoms with Crippen molar-refractivity contribution in [3.8, 4) is 0 Å². The lowest BCUT2D eigenvalue weighted by atomic mass is 10.3. The van der Waals surface area contributed by atoms with E-state index in [0.29, 0.717) is 5.82 Å². The van der Waals surface area contributed by atoms with Crippen molar-refractivity contribution in [3.05, 3.63) is 24.3 Å². The fourth-order valence-corrected chi connectivity index (χ4v) is 1.03. The maximum atomic E-state index is 5.58. The highest BCUT2D eigenvalue weighted by Crippen LogP contribution is 2.11. The van der Waals surface area contributed by atoms with Crippen molar-refractivity contribution in [2.24, 2.45) is 0 Å². The number of rotatable bonds is 0. The summed E-state index contributed by atoms with van der Waals surface area (Å²) < 4.78 is 1.84. The topological polar surface area (TPSA) is 56.2 Å². The summed E-state index contributed by atoms with van der Waals surface area (Å²) in [4.78, 5) is 8.10. The lowest BCUT2D eigenvalue weighted by Crippen LogP contribution is -1.97. The van der Waals surface area contributed by atoms with Crippen LogP contribution in [0.2, 0.25) is 0 Å². The number of hydrogen-bond acceptors (Lipinski definition) is 3. The maximum Gasteiger partial charge on any atom is 0.144 e. The molecule has 2 aromatic rings. The maximum absolute atomic E-state index is 5.58. The Morgan fingerprint density at radius 1 is 1.31 bits per heavy atom. The highest BCUT2D eigenvalue weighted by atomic mass is 15.0. The van der Waals surface area contributed by atoms with Crippen LogP contribution in [0.4, 0.5) is 5.82 Å². The highest BCUT2D eigenvalue weighted by molar-refractivity contribution is 5.56. The number of imidazole rings is 1. The van der Waals surface area contributed by atoms with Crippen LogP contribution in [0.1, 0.15) is 19.4 Å². The third kappa shape index (κ3) is 1.61. The molecular weight excluding hydrogens is 164 g/mol. The van der Waals surface area contributed by atoms with Crippen molar-refractivity contribution >= 4 is 11.5 Å². The molecule has 13 heavy (non-hydrogen) atoms. The van der Waals surface area contributed by atoms with E-state index in [2.05, 4.69) is 9.97 Å². The standard InChI is InChI=1S/C7H8N4.C2H6/c1-5-6(8)10-4-11-3-2-9-7(5)11;1-2/h2-4H,8H2,1H3;1-2H3. The van der Waals surface area contributed by atoms with Gasteiger partial charge >= 0.3 is 0 Å². The average Bonchev–Trinajstić information content (AvgIpc) is 2.63. The number of aromatic nitrogens is 3. The SMILES string of the molecule is CC.Cc1c(N)ncn2ccnc12. The molecule has 0 aliphatic rings. The summed E-state index contributed by atoms with van der Waals surface area (Å²) in [5.74, 6) is 0.545. The second-order valence-electron chi connectivity index (χ2n) is 2.41. The van der Waals surface area contributed by atoms with E-state index in [4.69, 9.17) is 5.73 Å². The molecule has 0 aliphatic carbocycles. The van der Waals surface area contributed by atoms with E-state index in [-0.39, 0.29) is 0 Å². The number of anilines is 1. The fraction of sp³-hybridized carbons (Fsp3) is 0.333. The average molecular weight is 178 g/mol. The molecule has 0 amide bonds. The first kappa shape index (κ1) is 9.51. The Kier molecular flexibility index (Phi) is 2.84. The molecule has 2 rings (SSSR count). The number of aryl methyl sites for hydroxylation is 1. The van der Waals surface area contributed by atoms with Crippen molar-refractivity contribution in [3.63, 3.8) is 0 Å². The largest absolute Gasteiger partial charge is 0.383 e. The molecule has 4 heteroatoms. The monoisotopic (exact) mass is 178 g/mol. The lowest BCUT2D eigenvalue weighted by molar-refractivity contribution is 1.07. The molecular formula is C9H14N4.